The van der Waals surface area contributed by atoms with Crippen molar-refractivity contribution in [2.75, 3.05) is 13.2 Å². The van der Waals surface area contributed by atoms with E-state index in [0.29, 0.717) is 11.8 Å². The topological polar surface area (TPSA) is 45.0 Å². The minimum atomic E-state index is 0.111. The average Bonchev–Trinajstić information content (AvgIpc) is 2.79. The van der Waals surface area contributed by atoms with E-state index >= 15 is 0 Å². The Balaban J connectivity index is 2.02. The molecule has 4 rings (SSSR count). The van der Waals surface area contributed by atoms with Gasteiger partial charge in [0.25, 0.3) is 0 Å². The maximum atomic E-state index is 9.66. The third-order valence-electron chi connectivity index (χ3n) is 5.01. The standard InChI is InChI=1S/C16H18N2O/c1-9-11-5-14-12(8-19)4-13(9)16-10(2-3-17-14)7-18-15(16)6-11/h2-4,9,11,14,19H,5-8H2,1H3/b10-2-,17-3?. The van der Waals surface area contributed by atoms with Crippen molar-refractivity contribution < 1.29 is 5.11 Å². The van der Waals surface area contributed by atoms with Crippen molar-refractivity contribution in [1.29, 1.82) is 0 Å². The lowest BCUT2D eigenvalue weighted by Gasteiger charge is -2.31. The second-order valence-electron chi connectivity index (χ2n) is 5.97. The molecule has 0 radical (unpaired) electrons. The van der Waals surface area contributed by atoms with Crippen LogP contribution in [-0.2, 0) is 0 Å². The highest BCUT2D eigenvalue weighted by molar-refractivity contribution is 6.09. The van der Waals surface area contributed by atoms with E-state index in [1.54, 1.807) is 0 Å². The largest absolute Gasteiger partial charge is 0.392 e. The molecule has 0 aromatic heterocycles. The highest BCUT2D eigenvalue weighted by atomic mass is 16.3. The van der Waals surface area contributed by atoms with Gasteiger partial charge < -0.3 is 5.11 Å². The molecule has 98 valence electrons. The van der Waals surface area contributed by atoms with Crippen molar-refractivity contribution in [3.63, 3.8) is 0 Å². The molecule has 0 amide bonds. The molecule has 0 fully saturated rings. The van der Waals surface area contributed by atoms with Crippen LogP contribution < -0.4 is 0 Å². The molecule has 2 heterocycles. The molecule has 3 bridgehead atoms. The molecular weight excluding hydrogens is 236 g/mol. The first-order valence-corrected chi connectivity index (χ1v) is 7.10. The maximum Gasteiger partial charge on any atom is 0.0737 e. The van der Waals surface area contributed by atoms with Crippen molar-refractivity contribution in [1.82, 2.24) is 0 Å². The van der Waals surface area contributed by atoms with Crippen LogP contribution >= 0.6 is 0 Å². The van der Waals surface area contributed by atoms with Crippen LogP contribution in [0, 0.1) is 11.8 Å². The summed E-state index contributed by atoms with van der Waals surface area (Å²) in [5.74, 6) is 1.16. The number of nitrogens with zero attached hydrogens (tertiary/aromatic N) is 2. The average molecular weight is 254 g/mol. The molecule has 3 unspecified atom stereocenters. The quantitative estimate of drug-likeness (QED) is 0.765. The van der Waals surface area contributed by atoms with Crippen LogP contribution in [0.4, 0.5) is 0 Å². The van der Waals surface area contributed by atoms with Gasteiger partial charge in [-0.15, -0.1) is 0 Å². The van der Waals surface area contributed by atoms with Crippen LogP contribution in [0.25, 0.3) is 0 Å². The Labute approximate surface area is 113 Å². The van der Waals surface area contributed by atoms with Crippen molar-refractivity contribution >= 4 is 11.9 Å². The summed E-state index contributed by atoms with van der Waals surface area (Å²) in [6.45, 7) is 3.23. The van der Waals surface area contributed by atoms with Gasteiger partial charge in [-0.05, 0) is 47.5 Å². The van der Waals surface area contributed by atoms with Gasteiger partial charge in [0, 0.05) is 17.5 Å². The van der Waals surface area contributed by atoms with Gasteiger partial charge in [-0.2, -0.15) is 0 Å². The number of hydrogen-bond acceptors (Lipinski definition) is 3. The summed E-state index contributed by atoms with van der Waals surface area (Å²) in [4.78, 5) is 9.40. The first-order valence-electron chi connectivity index (χ1n) is 7.10. The van der Waals surface area contributed by atoms with E-state index < -0.39 is 0 Å². The van der Waals surface area contributed by atoms with Gasteiger partial charge in [-0.1, -0.05) is 13.0 Å². The van der Waals surface area contributed by atoms with Gasteiger partial charge in [0.2, 0.25) is 0 Å². The summed E-state index contributed by atoms with van der Waals surface area (Å²) in [5.41, 5.74) is 6.39. The molecule has 19 heavy (non-hydrogen) atoms. The summed E-state index contributed by atoms with van der Waals surface area (Å²) in [5, 5.41) is 9.66. The van der Waals surface area contributed by atoms with E-state index in [1.807, 2.05) is 6.21 Å². The molecule has 0 aromatic rings. The smallest absolute Gasteiger partial charge is 0.0737 e. The lowest BCUT2D eigenvalue weighted by molar-refractivity contribution is 0.313. The predicted molar refractivity (Wildman–Crippen MR) is 76.7 cm³/mol. The minimum Gasteiger partial charge on any atom is -0.392 e. The third-order valence-corrected chi connectivity index (χ3v) is 5.01. The molecular formula is C16H18N2O. The van der Waals surface area contributed by atoms with Crippen molar-refractivity contribution in [2.24, 2.45) is 21.8 Å². The fraction of sp³-hybridized carbons (Fsp3) is 0.500. The SMILES string of the molecule is CC1C2=C3C4=NC/C3=C/C=NC(CC1C4)C(CO)=C2. The van der Waals surface area contributed by atoms with Gasteiger partial charge in [0.05, 0.1) is 19.2 Å². The second kappa shape index (κ2) is 4.01. The highest BCUT2D eigenvalue weighted by Gasteiger charge is 2.39. The summed E-state index contributed by atoms with van der Waals surface area (Å²) in [6, 6.07) is 0.143. The van der Waals surface area contributed by atoms with Crippen molar-refractivity contribution in [3.05, 3.63) is 34.4 Å². The van der Waals surface area contributed by atoms with Crippen LogP contribution in [0.1, 0.15) is 19.8 Å². The van der Waals surface area contributed by atoms with Crippen LogP contribution in [0.5, 0.6) is 0 Å². The monoisotopic (exact) mass is 254 g/mol. The molecule has 3 atom stereocenters. The highest BCUT2D eigenvalue weighted by Crippen LogP contribution is 2.45. The molecule has 1 N–H and O–H groups in total. The minimum absolute atomic E-state index is 0.111. The fourth-order valence-corrected chi connectivity index (χ4v) is 3.86. The van der Waals surface area contributed by atoms with E-state index in [-0.39, 0.29) is 12.6 Å². The van der Waals surface area contributed by atoms with Crippen LogP contribution in [0.15, 0.2) is 44.4 Å². The summed E-state index contributed by atoms with van der Waals surface area (Å²) < 4.78 is 0. The fourth-order valence-electron chi connectivity index (χ4n) is 3.86. The number of rotatable bonds is 1. The maximum absolute atomic E-state index is 9.66. The molecule has 3 heteroatoms. The van der Waals surface area contributed by atoms with Crippen molar-refractivity contribution in [3.8, 4) is 0 Å². The number of allylic oxidation sites excluding steroid dienone is 3. The molecule has 2 aliphatic heterocycles. The molecule has 2 aliphatic carbocycles. The third kappa shape index (κ3) is 1.54. The van der Waals surface area contributed by atoms with Gasteiger partial charge in [0.15, 0.2) is 0 Å². The van der Waals surface area contributed by atoms with E-state index in [9.17, 15) is 5.11 Å². The zero-order chi connectivity index (χ0) is 13.0. The number of hydrogen-bond donors (Lipinski definition) is 1. The van der Waals surface area contributed by atoms with Crippen LogP contribution in [-0.4, -0.2) is 36.2 Å². The second-order valence-corrected chi connectivity index (χ2v) is 5.97. The van der Waals surface area contributed by atoms with E-state index in [4.69, 9.17) is 4.99 Å². The first-order chi connectivity index (χ1) is 9.28. The Hall–Kier alpha value is -1.48. The van der Waals surface area contributed by atoms with Crippen molar-refractivity contribution in [2.45, 2.75) is 25.8 Å². The zero-order valence-corrected chi connectivity index (χ0v) is 11.1. The van der Waals surface area contributed by atoms with Gasteiger partial charge in [-0.25, -0.2) is 0 Å². The van der Waals surface area contributed by atoms with Gasteiger partial charge in [-0.3, -0.25) is 9.98 Å². The number of aliphatic hydroxyl groups excluding tert-OH is 1. The first kappa shape index (κ1) is 11.4. The number of fused-ring (bicyclic) bond motifs is 2. The number of aliphatic imine (C=N–C) groups is 2. The molecule has 0 aromatic carbocycles. The Morgan fingerprint density at radius 2 is 2.32 bits per heavy atom. The van der Waals surface area contributed by atoms with Gasteiger partial charge >= 0.3 is 0 Å². The molecule has 3 nitrogen and oxygen atoms in total. The Bertz CT molecular complexity index is 592. The normalized spacial score (nSPS) is 38.2. The van der Waals surface area contributed by atoms with Crippen LogP contribution in [0.3, 0.4) is 0 Å². The molecule has 0 saturated carbocycles. The van der Waals surface area contributed by atoms with E-state index in [2.05, 4.69) is 24.1 Å². The Morgan fingerprint density at radius 3 is 3.16 bits per heavy atom. The predicted octanol–water partition coefficient (Wildman–Crippen LogP) is 2.10. The Morgan fingerprint density at radius 1 is 1.42 bits per heavy atom. The lowest BCUT2D eigenvalue weighted by Crippen LogP contribution is -2.26. The molecule has 4 aliphatic rings. The van der Waals surface area contributed by atoms with E-state index in [0.717, 1.165) is 25.0 Å². The summed E-state index contributed by atoms with van der Waals surface area (Å²) in [6.07, 6.45) is 8.36. The summed E-state index contributed by atoms with van der Waals surface area (Å²) >= 11 is 0. The Kier molecular flexibility index (Phi) is 2.39. The van der Waals surface area contributed by atoms with Gasteiger partial charge in [0.1, 0.15) is 0 Å². The lowest BCUT2D eigenvalue weighted by atomic mass is 9.73. The zero-order valence-electron chi connectivity index (χ0n) is 11.1. The van der Waals surface area contributed by atoms with E-state index in [1.165, 1.54) is 22.4 Å². The molecule has 0 saturated heterocycles. The molecule has 0 spiro atoms. The summed E-state index contributed by atoms with van der Waals surface area (Å²) in [7, 11) is 0. The van der Waals surface area contributed by atoms with Crippen LogP contribution in [0.2, 0.25) is 0 Å². The number of aliphatic hydroxyl groups is 1.